The molecule has 2 aliphatic rings. The first-order valence-electron chi connectivity index (χ1n) is 7.68. The van der Waals surface area contributed by atoms with Gasteiger partial charge in [-0.2, -0.15) is 0 Å². The van der Waals surface area contributed by atoms with E-state index >= 15 is 0 Å². The standard InChI is InChI=1S/C15H24F2O3/c1-2-6-15(16,17)7-4-3-5-10-11-8-14(19)20-13(11)9-12(10)18/h10-13,18H,2-9H2,1H3/t10-,11-,12-,13+/m1/s1. The van der Waals surface area contributed by atoms with E-state index in [1.165, 1.54) is 0 Å². The molecule has 1 saturated heterocycles. The highest BCUT2D eigenvalue weighted by Gasteiger charge is 2.49. The second-order valence-electron chi connectivity index (χ2n) is 6.21. The van der Waals surface area contributed by atoms with Crippen LogP contribution in [-0.2, 0) is 9.53 Å². The van der Waals surface area contributed by atoms with Gasteiger partial charge in [0.2, 0.25) is 5.92 Å². The second-order valence-corrected chi connectivity index (χ2v) is 6.21. The van der Waals surface area contributed by atoms with Gasteiger partial charge in [-0.15, -0.1) is 0 Å². The summed E-state index contributed by atoms with van der Waals surface area (Å²) in [7, 11) is 0. The average molecular weight is 290 g/mol. The van der Waals surface area contributed by atoms with Crippen molar-refractivity contribution in [2.24, 2.45) is 11.8 Å². The fourth-order valence-electron chi connectivity index (χ4n) is 3.64. The highest BCUT2D eigenvalue weighted by atomic mass is 19.3. The predicted octanol–water partition coefficient (Wildman–Crippen LogP) is 3.29. The van der Waals surface area contributed by atoms with Gasteiger partial charge in [-0.3, -0.25) is 4.79 Å². The minimum atomic E-state index is -2.56. The van der Waals surface area contributed by atoms with Crippen LogP contribution in [0.3, 0.4) is 0 Å². The number of aliphatic hydroxyl groups excluding tert-OH is 1. The van der Waals surface area contributed by atoms with Gasteiger partial charge in [0, 0.05) is 25.2 Å². The van der Waals surface area contributed by atoms with Gasteiger partial charge in [-0.05, 0) is 18.8 Å². The van der Waals surface area contributed by atoms with E-state index in [1.54, 1.807) is 6.92 Å². The number of carbonyl (C=O) groups is 1. The Hall–Kier alpha value is -0.710. The molecule has 0 aromatic carbocycles. The molecule has 4 atom stereocenters. The molecule has 1 aliphatic heterocycles. The van der Waals surface area contributed by atoms with Crippen LogP contribution in [0.4, 0.5) is 8.78 Å². The minimum Gasteiger partial charge on any atom is -0.462 e. The Labute approximate surface area is 118 Å². The van der Waals surface area contributed by atoms with Crippen molar-refractivity contribution in [2.45, 2.75) is 76.4 Å². The first-order valence-corrected chi connectivity index (χ1v) is 7.68. The van der Waals surface area contributed by atoms with Crippen LogP contribution in [0.5, 0.6) is 0 Å². The van der Waals surface area contributed by atoms with Crippen LogP contribution in [0.25, 0.3) is 0 Å². The zero-order chi connectivity index (χ0) is 14.8. The number of ether oxygens (including phenoxy) is 1. The summed E-state index contributed by atoms with van der Waals surface area (Å²) >= 11 is 0. The number of alkyl halides is 2. The summed E-state index contributed by atoms with van der Waals surface area (Å²) in [6, 6.07) is 0. The maximum Gasteiger partial charge on any atom is 0.306 e. The van der Waals surface area contributed by atoms with E-state index in [0.717, 1.165) is 0 Å². The first kappa shape index (κ1) is 15.7. The monoisotopic (exact) mass is 290 g/mol. The van der Waals surface area contributed by atoms with Gasteiger partial charge in [0.25, 0.3) is 0 Å². The van der Waals surface area contributed by atoms with Crippen molar-refractivity contribution in [1.29, 1.82) is 0 Å². The van der Waals surface area contributed by atoms with E-state index in [-0.39, 0.29) is 36.8 Å². The van der Waals surface area contributed by atoms with Crippen LogP contribution in [0.2, 0.25) is 0 Å². The van der Waals surface area contributed by atoms with E-state index < -0.39 is 12.0 Å². The molecule has 1 N–H and O–H groups in total. The highest BCUT2D eigenvalue weighted by molar-refractivity contribution is 5.72. The molecule has 0 radical (unpaired) electrons. The van der Waals surface area contributed by atoms with E-state index in [1.807, 2.05) is 0 Å². The molecule has 1 heterocycles. The molecule has 0 aromatic rings. The van der Waals surface area contributed by atoms with Crippen molar-refractivity contribution in [3.05, 3.63) is 0 Å². The van der Waals surface area contributed by atoms with Crippen molar-refractivity contribution >= 4 is 5.97 Å². The molecule has 0 bridgehead atoms. The lowest BCUT2D eigenvalue weighted by Crippen LogP contribution is -2.20. The maximum absolute atomic E-state index is 13.4. The van der Waals surface area contributed by atoms with Gasteiger partial charge in [0.05, 0.1) is 12.5 Å². The topological polar surface area (TPSA) is 46.5 Å². The highest BCUT2D eigenvalue weighted by Crippen LogP contribution is 2.43. The second kappa shape index (κ2) is 6.37. The average Bonchev–Trinajstić information content (AvgIpc) is 2.81. The Kier molecular flexibility index (Phi) is 4.99. The Bertz CT molecular complexity index is 346. The summed E-state index contributed by atoms with van der Waals surface area (Å²) in [5.41, 5.74) is 0. The lowest BCUT2D eigenvalue weighted by molar-refractivity contribution is -0.141. The number of aliphatic hydroxyl groups is 1. The number of carbonyl (C=O) groups excluding carboxylic acids is 1. The molecule has 20 heavy (non-hydrogen) atoms. The molecular weight excluding hydrogens is 266 g/mol. The molecule has 1 saturated carbocycles. The number of unbranched alkanes of at least 4 members (excludes halogenated alkanes) is 1. The number of fused-ring (bicyclic) bond motifs is 1. The molecule has 3 nitrogen and oxygen atoms in total. The smallest absolute Gasteiger partial charge is 0.306 e. The van der Waals surface area contributed by atoms with Crippen molar-refractivity contribution in [3.8, 4) is 0 Å². The molecule has 0 unspecified atom stereocenters. The van der Waals surface area contributed by atoms with Gasteiger partial charge < -0.3 is 9.84 Å². The van der Waals surface area contributed by atoms with Crippen molar-refractivity contribution < 1.29 is 23.4 Å². The Morgan fingerprint density at radius 3 is 2.80 bits per heavy atom. The third kappa shape index (κ3) is 3.68. The zero-order valence-corrected chi connectivity index (χ0v) is 12.0. The summed E-state index contributed by atoms with van der Waals surface area (Å²) in [5, 5.41) is 9.99. The summed E-state index contributed by atoms with van der Waals surface area (Å²) < 4.78 is 31.9. The van der Waals surface area contributed by atoms with Crippen molar-refractivity contribution in [3.63, 3.8) is 0 Å². The molecule has 2 rings (SSSR count). The number of rotatable bonds is 7. The third-order valence-electron chi connectivity index (χ3n) is 4.63. The lowest BCUT2D eigenvalue weighted by Gasteiger charge is -2.20. The largest absolute Gasteiger partial charge is 0.462 e. The van der Waals surface area contributed by atoms with Crippen LogP contribution in [0.1, 0.15) is 58.3 Å². The van der Waals surface area contributed by atoms with Crippen LogP contribution in [0, 0.1) is 11.8 Å². The molecule has 0 spiro atoms. The molecule has 5 heteroatoms. The summed E-state index contributed by atoms with van der Waals surface area (Å²) in [6.45, 7) is 1.76. The van der Waals surface area contributed by atoms with E-state index in [0.29, 0.717) is 38.5 Å². The van der Waals surface area contributed by atoms with Gasteiger partial charge in [0.1, 0.15) is 6.10 Å². The molecule has 2 fully saturated rings. The third-order valence-corrected chi connectivity index (χ3v) is 4.63. The van der Waals surface area contributed by atoms with Crippen molar-refractivity contribution in [1.82, 2.24) is 0 Å². The fraction of sp³-hybridized carbons (Fsp3) is 0.933. The van der Waals surface area contributed by atoms with E-state index in [2.05, 4.69) is 0 Å². The summed E-state index contributed by atoms with van der Waals surface area (Å²) in [6.07, 6.45) is 2.52. The van der Waals surface area contributed by atoms with Crippen LogP contribution in [0.15, 0.2) is 0 Å². The zero-order valence-electron chi connectivity index (χ0n) is 12.0. The molecule has 0 aromatic heterocycles. The molecular formula is C15H24F2O3. The van der Waals surface area contributed by atoms with Crippen LogP contribution in [-0.4, -0.2) is 29.2 Å². The van der Waals surface area contributed by atoms with E-state index in [4.69, 9.17) is 4.74 Å². The predicted molar refractivity (Wildman–Crippen MR) is 70.4 cm³/mol. The van der Waals surface area contributed by atoms with E-state index in [9.17, 15) is 18.7 Å². The molecule has 1 aliphatic carbocycles. The van der Waals surface area contributed by atoms with Gasteiger partial charge in [-0.1, -0.05) is 19.8 Å². The maximum atomic E-state index is 13.4. The first-order chi connectivity index (χ1) is 9.43. The molecule has 116 valence electrons. The number of halogens is 2. The number of esters is 1. The quantitative estimate of drug-likeness (QED) is 0.578. The Balaban J connectivity index is 1.72. The minimum absolute atomic E-state index is 0.0336. The van der Waals surface area contributed by atoms with Crippen LogP contribution < -0.4 is 0 Å². The SMILES string of the molecule is CCCC(F)(F)CCCC[C@@H]1[C@H]2CC(=O)O[C@H]2C[C@H]1O. The Morgan fingerprint density at radius 1 is 1.35 bits per heavy atom. The van der Waals surface area contributed by atoms with Crippen molar-refractivity contribution in [2.75, 3.05) is 0 Å². The van der Waals surface area contributed by atoms with Gasteiger partial charge in [0.15, 0.2) is 0 Å². The summed E-state index contributed by atoms with van der Waals surface area (Å²) in [4.78, 5) is 11.2. The Morgan fingerprint density at radius 2 is 2.10 bits per heavy atom. The normalized spacial score (nSPS) is 33.3. The molecule has 0 amide bonds. The summed E-state index contributed by atoms with van der Waals surface area (Å²) in [5.74, 6) is -2.62. The fourth-order valence-corrected chi connectivity index (χ4v) is 3.64. The van der Waals surface area contributed by atoms with Gasteiger partial charge >= 0.3 is 5.97 Å². The number of hydrogen-bond acceptors (Lipinski definition) is 3. The van der Waals surface area contributed by atoms with Gasteiger partial charge in [-0.25, -0.2) is 8.78 Å². The lowest BCUT2D eigenvalue weighted by atomic mass is 9.87. The number of hydrogen-bond donors (Lipinski definition) is 1. The van der Waals surface area contributed by atoms with Crippen LogP contribution >= 0.6 is 0 Å².